The smallest absolute Gasteiger partial charge is 0.416 e. The van der Waals surface area contributed by atoms with Gasteiger partial charge in [-0.2, -0.15) is 26.3 Å². The van der Waals surface area contributed by atoms with Crippen molar-refractivity contribution in [2.75, 3.05) is 14.2 Å². The van der Waals surface area contributed by atoms with Gasteiger partial charge in [-0.25, -0.2) is 0 Å². The van der Waals surface area contributed by atoms with Crippen LogP contribution in [0.1, 0.15) is 27.0 Å². The molecule has 0 spiro atoms. The predicted molar refractivity (Wildman–Crippen MR) is 89.4 cm³/mol. The fourth-order valence-corrected chi connectivity index (χ4v) is 2.33. The first-order chi connectivity index (χ1) is 13.0. The lowest BCUT2D eigenvalue weighted by Crippen LogP contribution is -2.11. The van der Waals surface area contributed by atoms with Crippen molar-refractivity contribution >= 4 is 11.9 Å². The van der Waals surface area contributed by atoms with Crippen molar-refractivity contribution in [1.29, 1.82) is 0 Å². The van der Waals surface area contributed by atoms with Crippen LogP contribution in [0.2, 0.25) is 0 Å². The van der Waals surface area contributed by atoms with Gasteiger partial charge in [0.1, 0.15) is 0 Å². The maximum Gasteiger partial charge on any atom is 0.416 e. The molecule has 0 atom stereocenters. The summed E-state index contributed by atoms with van der Waals surface area (Å²) < 4.78 is 87.3. The second kappa shape index (κ2) is 7.95. The number of carbonyl (C=O) groups excluding carboxylic acids is 1. The second-order valence-electron chi connectivity index (χ2n) is 5.61. The SMILES string of the molecule is COc1ccc(C(=O)/C=C\c2cc(C(F)(F)F)cc(C(F)(F)F)c2)cc1OC. The van der Waals surface area contributed by atoms with Crippen molar-refractivity contribution in [3.8, 4) is 11.5 Å². The molecule has 0 aliphatic carbocycles. The Morgan fingerprint density at radius 1 is 0.821 bits per heavy atom. The van der Waals surface area contributed by atoms with Crippen LogP contribution in [-0.2, 0) is 12.4 Å². The molecule has 0 heterocycles. The number of hydrogen-bond donors (Lipinski definition) is 0. The van der Waals surface area contributed by atoms with Gasteiger partial charge in [-0.3, -0.25) is 4.79 Å². The summed E-state index contributed by atoms with van der Waals surface area (Å²) in [4.78, 5) is 12.2. The summed E-state index contributed by atoms with van der Waals surface area (Å²) in [7, 11) is 2.74. The Kier molecular flexibility index (Phi) is 6.06. The normalized spacial score (nSPS) is 12.3. The molecule has 0 N–H and O–H groups in total. The van der Waals surface area contributed by atoms with Crippen molar-refractivity contribution in [3.63, 3.8) is 0 Å². The second-order valence-corrected chi connectivity index (χ2v) is 5.61. The van der Waals surface area contributed by atoms with Crippen LogP contribution in [0, 0.1) is 0 Å². The highest BCUT2D eigenvalue weighted by Gasteiger charge is 2.36. The van der Waals surface area contributed by atoms with E-state index in [-0.39, 0.29) is 17.4 Å². The molecule has 9 heteroatoms. The highest BCUT2D eigenvalue weighted by molar-refractivity contribution is 6.07. The molecule has 0 aromatic heterocycles. The molecule has 0 fully saturated rings. The summed E-state index contributed by atoms with van der Waals surface area (Å²) in [5.41, 5.74) is -3.20. The van der Waals surface area contributed by atoms with Gasteiger partial charge >= 0.3 is 12.4 Å². The Balaban J connectivity index is 2.38. The highest BCUT2D eigenvalue weighted by Crippen LogP contribution is 2.36. The average molecular weight is 404 g/mol. The Morgan fingerprint density at radius 2 is 1.36 bits per heavy atom. The minimum atomic E-state index is -4.96. The third-order valence-electron chi connectivity index (χ3n) is 3.71. The number of benzene rings is 2. The summed E-state index contributed by atoms with van der Waals surface area (Å²) >= 11 is 0. The lowest BCUT2D eigenvalue weighted by molar-refractivity contribution is -0.143. The quantitative estimate of drug-likeness (QED) is 0.368. The van der Waals surface area contributed by atoms with Gasteiger partial charge in [-0.1, -0.05) is 6.08 Å². The third kappa shape index (κ3) is 5.05. The zero-order valence-electron chi connectivity index (χ0n) is 14.6. The minimum Gasteiger partial charge on any atom is -0.493 e. The number of carbonyl (C=O) groups is 1. The van der Waals surface area contributed by atoms with Crippen LogP contribution in [0.3, 0.4) is 0 Å². The molecular formula is C19H14F6O3. The Hall–Kier alpha value is -2.97. The molecule has 0 radical (unpaired) electrons. The summed E-state index contributed by atoms with van der Waals surface area (Å²) in [5, 5.41) is 0. The molecule has 0 bridgehead atoms. The number of ether oxygens (including phenoxy) is 2. The van der Waals surface area contributed by atoms with Gasteiger partial charge in [0.15, 0.2) is 17.3 Å². The topological polar surface area (TPSA) is 35.5 Å². The zero-order chi connectivity index (χ0) is 21.1. The van der Waals surface area contributed by atoms with Crippen LogP contribution < -0.4 is 9.47 Å². The van der Waals surface area contributed by atoms with Gasteiger partial charge < -0.3 is 9.47 Å². The summed E-state index contributed by atoms with van der Waals surface area (Å²) in [5.74, 6) is -0.0252. The molecule has 2 aromatic rings. The van der Waals surface area contributed by atoms with Crippen LogP contribution in [-0.4, -0.2) is 20.0 Å². The van der Waals surface area contributed by atoms with E-state index in [4.69, 9.17) is 9.47 Å². The molecule has 3 nitrogen and oxygen atoms in total. The fraction of sp³-hybridized carbons (Fsp3) is 0.211. The third-order valence-corrected chi connectivity index (χ3v) is 3.71. The number of hydrogen-bond acceptors (Lipinski definition) is 3. The Bertz CT molecular complexity index is 865. The van der Waals surface area contributed by atoms with Gasteiger partial charge in [0.25, 0.3) is 0 Å². The van der Waals surface area contributed by atoms with Crippen molar-refractivity contribution in [3.05, 3.63) is 64.7 Å². The lowest BCUT2D eigenvalue weighted by Gasteiger charge is -2.13. The minimum absolute atomic E-state index is 0.0213. The van der Waals surface area contributed by atoms with E-state index < -0.39 is 34.8 Å². The standard InChI is InChI=1S/C19H14F6O3/c1-27-16-6-4-12(9-17(16)28-2)15(26)5-3-11-7-13(18(20,21)22)10-14(8-11)19(23,24)25/h3-10H,1-2H3/b5-3-. The first-order valence-electron chi connectivity index (χ1n) is 7.69. The van der Waals surface area contributed by atoms with E-state index in [0.717, 1.165) is 12.2 Å². The van der Waals surface area contributed by atoms with Gasteiger partial charge in [-0.05, 0) is 48.0 Å². The maximum atomic E-state index is 12.9. The van der Waals surface area contributed by atoms with Gasteiger partial charge in [0.05, 0.1) is 25.3 Å². The molecule has 0 amide bonds. The van der Waals surface area contributed by atoms with Crippen molar-refractivity contribution < 1.29 is 40.6 Å². The zero-order valence-corrected chi connectivity index (χ0v) is 14.6. The van der Waals surface area contributed by atoms with Gasteiger partial charge in [0.2, 0.25) is 0 Å². The summed E-state index contributed by atoms with van der Waals surface area (Å²) in [6.45, 7) is 0. The van der Waals surface area contributed by atoms with Crippen molar-refractivity contribution in [2.45, 2.75) is 12.4 Å². The van der Waals surface area contributed by atoms with Crippen LogP contribution in [0.5, 0.6) is 11.5 Å². The van der Waals surface area contributed by atoms with Gasteiger partial charge in [-0.15, -0.1) is 0 Å². The maximum absolute atomic E-state index is 12.9. The number of methoxy groups -OCH3 is 2. The lowest BCUT2D eigenvalue weighted by atomic mass is 10.0. The van der Waals surface area contributed by atoms with E-state index in [1.54, 1.807) is 0 Å². The predicted octanol–water partition coefficient (Wildman–Crippen LogP) is 5.64. The Labute approximate surface area is 156 Å². The van der Waals surface area contributed by atoms with E-state index in [2.05, 4.69) is 0 Å². The number of allylic oxidation sites excluding steroid dienone is 1. The molecule has 0 aliphatic heterocycles. The van der Waals surface area contributed by atoms with E-state index >= 15 is 0 Å². The van der Waals surface area contributed by atoms with Crippen LogP contribution in [0.4, 0.5) is 26.3 Å². The van der Waals surface area contributed by atoms with Crippen LogP contribution in [0.15, 0.2) is 42.5 Å². The largest absolute Gasteiger partial charge is 0.493 e. The number of halogens is 6. The molecule has 0 saturated heterocycles. The molecule has 150 valence electrons. The first-order valence-corrected chi connectivity index (χ1v) is 7.69. The summed E-state index contributed by atoms with van der Waals surface area (Å²) in [6, 6.07) is 5.28. The monoisotopic (exact) mass is 404 g/mol. The van der Waals surface area contributed by atoms with E-state index in [1.165, 1.54) is 32.4 Å². The van der Waals surface area contributed by atoms with Crippen molar-refractivity contribution in [1.82, 2.24) is 0 Å². The Morgan fingerprint density at radius 3 is 1.82 bits per heavy atom. The first kappa shape index (κ1) is 21.3. The molecule has 0 aliphatic rings. The highest BCUT2D eigenvalue weighted by atomic mass is 19.4. The van der Waals surface area contributed by atoms with Crippen LogP contribution in [0.25, 0.3) is 6.08 Å². The fourth-order valence-electron chi connectivity index (χ4n) is 2.33. The number of ketones is 1. The van der Waals surface area contributed by atoms with E-state index in [1.807, 2.05) is 0 Å². The van der Waals surface area contributed by atoms with Crippen LogP contribution >= 0.6 is 0 Å². The average Bonchev–Trinajstić information content (AvgIpc) is 2.63. The summed E-state index contributed by atoms with van der Waals surface area (Å²) in [6.07, 6.45) is -8.14. The molecule has 2 rings (SSSR count). The molecular weight excluding hydrogens is 390 g/mol. The molecule has 28 heavy (non-hydrogen) atoms. The van der Waals surface area contributed by atoms with E-state index in [0.29, 0.717) is 17.9 Å². The van der Waals surface area contributed by atoms with Gasteiger partial charge in [0, 0.05) is 5.56 Å². The molecule has 0 unspecified atom stereocenters. The molecule has 2 aromatic carbocycles. The van der Waals surface area contributed by atoms with E-state index in [9.17, 15) is 31.1 Å². The van der Waals surface area contributed by atoms with Crippen molar-refractivity contribution in [2.24, 2.45) is 0 Å². The number of rotatable bonds is 5. The number of alkyl halides is 6. The molecule has 0 saturated carbocycles.